The second-order valence-electron chi connectivity index (χ2n) is 17.3. The molecule has 1 rings (SSSR count). The van der Waals surface area contributed by atoms with E-state index in [4.69, 9.17) is 0 Å². The van der Waals surface area contributed by atoms with Crippen molar-refractivity contribution in [2.24, 2.45) is 0 Å². The lowest BCUT2D eigenvalue weighted by Crippen LogP contribution is -2.37. The van der Waals surface area contributed by atoms with E-state index in [-0.39, 0.29) is 0 Å². The summed E-state index contributed by atoms with van der Waals surface area (Å²) < 4.78 is 5.31. The van der Waals surface area contributed by atoms with Gasteiger partial charge in [0.2, 0.25) is 0 Å². The molecule has 0 unspecified atom stereocenters. The highest BCUT2D eigenvalue weighted by atomic mass is 15.1. The van der Waals surface area contributed by atoms with Crippen molar-refractivity contribution >= 4 is 0 Å². The second kappa shape index (κ2) is 41.4. The van der Waals surface area contributed by atoms with Crippen LogP contribution < -0.4 is 4.57 Å². The highest BCUT2D eigenvalue weighted by Crippen LogP contribution is 2.17. The van der Waals surface area contributed by atoms with E-state index >= 15 is 0 Å². The van der Waals surface area contributed by atoms with E-state index < -0.39 is 0 Å². The van der Waals surface area contributed by atoms with E-state index in [9.17, 15) is 0 Å². The summed E-state index contributed by atoms with van der Waals surface area (Å²) in [7, 11) is 0. The van der Waals surface area contributed by atoms with Crippen molar-refractivity contribution in [1.82, 2.24) is 4.57 Å². The molecule has 0 aliphatic rings. The number of rotatable bonds is 44. The Balaban J connectivity index is 2.22. The third-order valence-corrected chi connectivity index (χ3v) is 12.1. The zero-order chi connectivity index (χ0) is 37.3. The molecule has 0 spiro atoms. The van der Waals surface area contributed by atoms with Crippen LogP contribution in [0, 0.1) is 0 Å². The Bertz CT molecular complexity index is 796. The average Bonchev–Trinajstić information content (AvgIpc) is 3.54. The lowest BCUT2D eigenvalue weighted by Gasteiger charge is -2.07. The Morgan fingerprint density at radius 3 is 0.923 bits per heavy atom. The van der Waals surface area contributed by atoms with Crippen LogP contribution in [0.3, 0.4) is 0 Å². The second-order valence-corrected chi connectivity index (χ2v) is 17.3. The van der Waals surface area contributed by atoms with Gasteiger partial charge in [-0.1, -0.05) is 252 Å². The molecule has 0 aromatic carbocycles. The molecular weight excluding hydrogens is 629 g/mol. The summed E-state index contributed by atoms with van der Waals surface area (Å²) in [6, 6.07) is 0. The molecule has 1 heterocycles. The van der Waals surface area contributed by atoms with E-state index in [1.54, 1.807) is 5.82 Å². The minimum absolute atomic E-state index is 1.23. The lowest BCUT2D eigenvalue weighted by atomic mass is 10.0. The van der Waals surface area contributed by atoms with E-state index in [0.29, 0.717) is 0 Å². The lowest BCUT2D eigenvalue weighted by molar-refractivity contribution is -0.704. The first-order valence-electron chi connectivity index (χ1n) is 24.9. The third-order valence-electron chi connectivity index (χ3n) is 12.1. The van der Waals surface area contributed by atoms with Crippen LogP contribution in [-0.4, -0.2) is 4.57 Å². The molecule has 2 heteroatoms. The maximum Gasteiger partial charge on any atom is 0.256 e. The highest BCUT2D eigenvalue weighted by molar-refractivity contribution is 4.84. The SMILES string of the molecule is CCCCCCCCCCCCCCCCCCc1n(CCCCCCCCCCCCCCCCCC)cc[n+]1CCCCCCCCCCC. The average molecular weight is 728 g/mol. The molecule has 1 aromatic rings. The van der Waals surface area contributed by atoms with Gasteiger partial charge in [-0.15, -0.1) is 0 Å². The van der Waals surface area contributed by atoms with Gasteiger partial charge in [0.1, 0.15) is 12.4 Å². The number of aromatic nitrogens is 2. The monoisotopic (exact) mass is 728 g/mol. The van der Waals surface area contributed by atoms with Crippen molar-refractivity contribution in [2.75, 3.05) is 0 Å². The van der Waals surface area contributed by atoms with Crippen molar-refractivity contribution in [3.63, 3.8) is 0 Å². The molecule has 308 valence electrons. The zero-order valence-electron chi connectivity index (χ0n) is 36.7. The first kappa shape index (κ1) is 49.2. The van der Waals surface area contributed by atoms with Crippen LogP contribution in [0.1, 0.15) is 290 Å². The van der Waals surface area contributed by atoms with Gasteiger partial charge in [-0.05, 0) is 32.1 Å². The first-order valence-corrected chi connectivity index (χ1v) is 24.9. The summed E-state index contributed by atoms with van der Waals surface area (Å²) in [6.07, 6.45) is 65.3. The maximum absolute atomic E-state index is 2.66. The van der Waals surface area contributed by atoms with Crippen molar-refractivity contribution in [2.45, 2.75) is 304 Å². The molecule has 0 bridgehead atoms. The van der Waals surface area contributed by atoms with Gasteiger partial charge in [0, 0.05) is 6.42 Å². The number of hydrogen-bond donors (Lipinski definition) is 0. The molecule has 0 saturated heterocycles. The van der Waals surface area contributed by atoms with Gasteiger partial charge in [0.15, 0.2) is 0 Å². The summed E-state index contributed by atoms with van der Waals surface area (Å²) in [5.74, 6) is 1.63. The van der Waals surface area contributed by atoms with E-state index in [1.807, 2.05) is 0 Å². The quantitative estimate of drug-likeness (QED) is 0.0467. The van der Waals surface area contributed by atoms with Crippen LogP contribution in [0.4, 0.5) is 0 Å². The fourth-order valence-electron chi connectivity index (χ4n) is 8.45. The summed E-state index contributed by atoms with van der Waals surface area (Å²) in [5.41, 5.74) is 0. The van der Waals surface area contributed by atoms with Crippen molar-refractivity contribution < 1.29 is 4.57 Å². The molecule has 0 radical (unpaired) electrons. The molecule has 1 aromatic heterocycles. The molecule has 0 aliphatic heterocycles. The van der Waals surface area contributed by atoms with E-state index in [2.05, 4.69) is 42.3 Å². The Labute approximate surface area is 329 Å². The van der Waals surface area contributed by atoms with Crippen LogP contribution in [0.5, 0.6) is 0 Å². The largest absolute Gasteiger partial charge is 0.256 e. The van der Waals surface area contributed by atoms with Gasteiger partial charge in [-0.25, -0.2) is 9.13 Å². The summed E-state index contributed by atoms with van der Waals surface area (Å²) in [4.78, 5) is 0. The minimum Gasteiger partial charge on any atom is -0.234 e. The van der Waals surface area contributed by atoms with Gasteiger partial charge < -0.3 is 0 Å². The van der Waals surface area contributed by atoms with Crippen LogP contribution in [-0.2, 0) is 19.5 Å². The van der Waals surface area contributed by atoms with Crippen molar-refractivity contribution in [1.29, 1.82) is 0 Å². The Morgan fingerprint density at radius 2 is 0.596 bits per heavy atom. The number of imidazole rings is 1. The standard InChI is InChI=1S/C50H99N2/c1-4-7-10-13-16-19-21-23-25-27-29-31-33-36-39-42-45-50-51(46-43-40-37-34-18-15-12-9-6-3)48-49-52(50)47-44-41-38-35-32-30-28-26-24-22-20-17-14-11-8-5-2/h48-49H,4-47H2,1-3H3/q+1. The number of aryl methyl sites for hydroxylation is 2. The van der Waals surface area contributed by atoms with Crippen LogP contribution in [0.15, 0.2) is 12.4 Å². The number of unbranched alkanes of at least 4 members (excludes halogenated alkanes) is 38. The zero-order valence-corrected chi connectivity index (χ0v) is 36.7. The summed E-state index contributed by atoms with van der Waals surface area (Å²) in [5, 5.41) is 0. The molecule has 0 amide bonds. The third kappa shape index (κ3) is 32.6. The fraction of sp³-hybridized carbons (Fsp3) is 0.940. The molecular formula is C50H99N2+. The minimum atomic E-state index is 1.23. The number of nitrogens with zero attached hydrogens (tertiary/aromatic N) is 2. The Kier molecular flexibility index (Phi) is 39.2. The normalized spacial score (nSPS) is 11.7. The Morgan fingerprint density at radius 1 is 0.327 bits per heavy atom. The molecule has 0 N–H and O–H groups in total. The van der Waals surface area contributed by atoms with Crippen LogP contribution >= 0.6 is 0 Å². The van der Waals surface area contributed by atoms with Gasteiger partial charge >= 0.3 is 0 Å². The summed E-state index contributed by atoms with van der Waals surface area (Å²) in [6.45, 7) is 9.42. The van der Waals surface area contributed by atoms with Crippen LogP contribution in [0.25, 0.3) is 0 Å². The van der Waals surface area contributed by atoms with Gasteiger partial charge in [0.25, 0.3) is 5.82 Å². The highest BCUT2D eigenvalue weighted by Gasteiger charge is 2.16. The molecule has 2 nitrogen and oxygen atoms in total. The molecule has 0 atom stereocenters. The van der Waals surface area contributed by atoms with Crippen molar-refractivity contribution in [3.8, 4) is 0 Å². The van der Waals surface area contributed by atoms with Crippen LogP contribution in [0.2, 0.25) is 0 Å². The summed E-state index contributed by atoms with van der Waals surface area (Å²) >= 11 is 0. The van der Waals surface area contributed by atoms with Crippen molar-refractivity contribution in [3.05, 3.63) is 18.2 Å². The molecule has 0 fully saturated rings. The number of hydrogen-bond acceptors (Lipinski definition) is 0. The molecule has 0 saturated carbocycles. The predicted molar refractivity (Wildman–Crippen MR) is 235 cm³/mol. The predicted octanol–water partition coefficient (Wildman–Crippen LogP) is 17.4. The van der Waals surface area contributed by atoms with E-state index in [1.165, 1.54) is 283 Å². The Hall–Kier alpha value is -0.790. The fourth-order valence-corrected chi connectivity index (χ4v) is 8.45. The maximum atomic E-state index is 2.66. The topological polar surface area (TPSA) is 8.81 Å². The molecule has 0 aliphatic carbocycles. The smallest absolute Gasteiger partial charge is 0.234 e. The van der Waals surface area contributed by atoms with Gasteiger partial charge in [0.05, 0.1) is 13.1 Å². The molecule has 52 heavy (non-hydrogen) atoms. The van der Waals surface area contributed by atoms with E-state index in [0.717, 1.165) is 0 Å². The van der Waals surface area contributed by atoms with Gasteiger partial charge in [-0.3, -0.25) is 0 Å². The van der Waals surface area contributed by atoms with Gasteiger partial charge in [-0.2, -0.15) is 0 Å². The first-order chi connectivity index (χ1) is 25.8.